The Labute approximate surface area is 111 Å². The summed E-state index contributed by atoms with van der Waals surface area (Å²) in [7, 11) is -3.47. The van der Waals surface area contributed by atoms with Crippen LogP contribution in [0.4, 0.5) is 0 Å². The van der Waals surface area contributed by atoms with E-state index in [-0.39, 0.29) is 11.1 Å². The molecule has 0 bridgehead atoms. The van der Waals surface area contributed by atoms with Gasteiger partial charge in [0.25, 0.3) is 10.0 Å². The van der Waals surface area contributed by atoms with Crippen LogP contribution in [-0.2, 0) is 16.4 Å². The Bertz CT molecular complexity index is 456. The number of H-pyrrole nitrogens is 1. The molecule has 0 atom stereocenters. The maximum absolute atomic E-state index is 12.3. The van der Waals surface area contributed by atoms with Gasteiger partial charge in [0.1, 0.15) is 5.82 Å². The summed E-state index contributed by atoms with van der Waals surface area (Å²) in [5.74, 6) is 0.686. The fourth-order valence-electron chi connectivity index (χ4n) is 1.52. The Balaban J connectivity index is 3.07. The quantitative estimate of drug-likeness (QED) is 0.811. The van der Waals surface area contributed by atoms with Crippen LogP contribution in [0.2, 0.25) is 0 Å². The first-order chi connectivity index (χ1) is 7.93. The van der Waals surface area contributed by atoms with Crippen LogP contribution < -0.4 is 0 Å². The summed E-state index contributed by atoms with van der Waals surface area (Å²) in [5, 5.41) is 0.781. The molecule has 98 valence electrons. The third kappa shape index (κ3) is 3.29. The number of halogens is 1. The molecule has 1 rings (SSSR count). The molecule has 5 nitrogen and oxygen atoms in total. The van der Waals surface area contributed by atoms with E-state index in [1.54, 1.807) is 0 Å². The zero-order valence-electron chi connectivity index (χ0n) is 10.3. The van der Waals surface area contributed by atoms with Crippen molar-refractivity contribution in [3.8, 4) is 0 Å². The Hall–Kier alpha value is -0.400. The SMILES string of the molecule is CCc1ncc(S(=O)(=O)N(CCBr)C(C)C)[nH]1. The predicted octanol–water partition coefficient (Wildman–Crippen LogP) is 1.77. The summed E-state index contributed by atoms with van der Waals surface area (Å²) >= 11 is 3.27. The molecule has 0 aliphatic heterocycles. The third-order valence-corrected chi connectivity index (χ3v) is 4.75. The first-order valence-electron chi connectivity index (χ1n) is 5.55. The zero-order chi connectivity index (χ0) is 13.1. The summed E-state index contributed by atoms with van der Waals surface area (Å²) in [6, 6.07) is -0.0778. The van der Waals surface area contributed by atoms with Gasteiger partial charge < -0.3 is 4.98 Å². The largest absolute Gasteiger partial charge is 0.332 e. The Morgan fingerprint density at radius 3 is 2.59 bits per heavy atom. The standard InChI is InChI=1S/C10H18BrN3O2S/c1-4-9-12-7-10(13-9)17(15,16)14(6-5-11)8(2)3/h7-8H,4-6H2,1-3H3,(H,12,13). The number of nitrogens with zero attached hydrogens (tertiary/aromatic N) is 2. The molecule has 1 aromatic rings. The van der Waals surface area contributed by atoms with Crippen molar-refractivity contribution in [3.63, 3.8) is 0 Å². The minimum absolute atomic E-state index is 0.0778. The number of hydrogen-bond donors (Lipinski definition) is 1. The lowest BCUT2D eigenvalue weighted by atomic mass is 10.4. The van der Waals surface area contributed by atoms with Crippen molar-refractivity contribution in [2.45, 2.75) is 38.3 Å². The molecule has 1 aromatic heterocycles. The van der Waals surface area contributed by atoms with Crippen molar-refractivity contribution in [1.82, 2.24) is 14.3 Å². The summed E-state index contributed by atoms with van der Waals surface area (Å²) in [4.78, 5) is 6.87. The highest BCUT2D eigenvalue weighted by Gasteiger charge is 2.27. The second kappa shape index (κ2) is 5.97. The highest BCUT2D eigenvalue weighted by molar-refractivity contribution is 9.09. The number of imidazole rings is 1. The molecular weight excluding hydrogens is 306 g/mol. The van der Waals surface area contributed by atoms with E-state index >= 15 is 0 Å². The number of hydrogen-bond acceptors (Lipinski definition) is 3. The van der Waals surface area contributed by atoms with Gasteiger partial charge in [-0.05, 0) is 13.8 Å². The zero-order valence-corrected chi connectivity index (χ0v) is 12.7. The molecule has 17 heavy (non-hydrogen) atoms. The van der Waals surface area contributed by atoms with Gasteiger partial charge in [0.05, 0.1) is 6.20 Å². The lowest BCUT2D eigenvalue weighted by Crippen LogP contribution is -2.38. The van der Waals surface area contributed by atoms with E-state index in [0.29, 0.717) is 24.1 Å². The minimum atomic E-state index is -3.47. The number of rotatable bonds is 6. The average molecular weight is 324 g/mol. The fourth-order valence-corrected chi connectivity index (χ4v) is 3.71. The molecule has 0 saturated carbocycles. The highest BCUT2D eigenvalue weighted by atomic mass is 79.9. The molecule has 0 aliphatic rings. The van der Waals surface area contributed by atoms with Gasteiger partial charge in [0.15, 0.2) is 5.03 Å². The van der Waals surface area contributed by atoms with Crippen LogP contribution in [0, 0.1) is 0 Å². The van der Waals surface area contributed by atoms with E-state index in [1.807, 2.05) is 20.8 Å². The highest BCUT2D eigenvalue weighted by Crippen LogP contribution is 2.16. The van der Waals surface area contributed by atoms with Crippen molar-refractivity contribution < 1.29 is 8.42 Å². The van der Waals surface area contributed by atoms with E-state index in [9.17, 15) is 8.42 Å². The van der Waals surface area contributed by atoms with Crippen molar-refractivity contribution >= 4 is 26.0 Å². The summed E-state index contributed by atoms with van der Waals surface area (Å²) in [6.45, 7) is 6.09. The molecule has 7 heteroatoms. The smallest absolute Gasteiger partial charge is 0.260 e. The monoisotopic (exact) mass is 323 g/mol. The van der Waals surface area contributed by atoms with E-state index in [1.165, 1.54) is 10.5 Å². The van der Waals surface area contributed by atoms with Gasteiger partial charge in [-0.2, -0.15) is 4.31 Å². The maximum Gasteiger partial charge on any atom is 0.260 e. The first kappa shape index (κ1) is 14.7. The van der Waals surface area contributed by atoms with Gasteiger partial charge in [0.2, 0.25) is 0 Å². The summed E-state index contributed by atoms with van der Waals surface area (Å²) in [6.07, 6.45) is 2.08. The van der Waals surface area contributed by atoms with Gasteiger partial charge in [-0.3, -0.25) is 0 Å². The lowest BCUT2D eigenvalue weighted by Gasteiger charge is -2.24. The number of aromatic nitrogens is 2. The molecule has 0 fully saturated rings. The average Bonchev–Trinajstić information content (AvgIpc) is 2.74. The Morgan fingerprint density at radius 2 is 2.18 bits per heavy atom. The molecule has 0 amide bonds. The van der Waals surface area contributed by atoms with E-state index in [4.69, 9.17) is 0 Å². The van der Waals surface area contributed by atoms with Gasteiger partial charge in [-0.25, -0.2) is 13.4 Å². The molecule has 0 aliphatic carbocycles. The lowest BCUT2D eigenvalue weighted by molar-refractivity contribution is 0.370. The molecular formula is C10H18BrN3O2S. The van der Waals surface area contributed by atoms with Crippen LogP contribution in [0.25, 0.3) is 0 Å². The normalized spacial score (nSPS) is 12.6. The van der Waals surface area contributed by atoms with Crippen molar-refractivity contribution in [1.29, 1.82) is 0 Å². The van der Waals surface area contributed by atoms with Crippen LogP contribution in [0.1, 0.15) is 26.6 Å². The van der Waals surface area contributed by atoms with Gasteiger partial charge in [0, 0.05) is 24.3 Å². The van der Waals surface area contributed by atoms with Gasteiger partial charge in [-0.15, -0.1) is 0 Å². The number of nitrogens with one attached hydrogen (secondary N) is 1. The second-order valence-corrected chi connectivity index (χ2v) is 6.60. The molecule has 0 aromatic carbocycles. The Morgan fingerprint density at radius 1 is 1.53 bits per heavy atom. The molecule has 0 radical (unpaired) electrons. The number of aromatic amines is 1. The van der Waals surface area contributed by atoms with Crippen LogP contribution in [0.5, 0.6) is 0 Å². The molecule has 1 heterocycles. The number of sulfonamides is 1. The maximum atomic E-state index is 12.3. The fraction of sp³-hybridized carbons (Fsp3) is 0.700. The van der Waals surface area contributed by atoms with Crippen LogP contribution in [-0.4, -0.2) is 40.6 Å². The predicted molar refractivity (Wildman–Crippen MR) is 70.8 cm³/mol. The second-order valence-electron chi connectivity index (χ2n) is 3.95. The van der Waals surface area contributed by atoms with Crippen LogP contribution in [0.3, 0.4) is 0 Å². The van der Waals surface area contributed by atoms with Crippen molar-refractivity contribution in [3.05, 3.63) is 12.0 Å². The summed E-state index contributed by atoms with van der Waals surface area (Å²) < 4.78 is 26.1. The van der Waals surface area contributed by atoms with Crippen LogP contribution >= 0.6 is 15.9 Å². The topological polar surface area (TPSA) is 66.1 Å². The molecule has 0 unspecified atom stereocenters. The van der Waals surface area contributed by atoms with E-state index < -0.39 is 10.0 Å². The third-order valence-electron chi connectivity index (χ3n) is 2.41. The number of alkyl halides is 1. The van der Waals surface area contributed by atoms with E-state index in [2.05, 4.69) is 25.9 Å². The molecule has 0 saturated heterocycles. The van der Waals surface area contributed by atoms with E-state index in [0.717, 1.165) is 0 Å². The minimum Gasteiger partial charge on any atom is -0.332 e. The molecule has 0 spiro atoms. The van der Waals surface area contributed by atoms with Crippen molar-refractivity contribution in [2.75, 3.05) is 11.9 Å². The Kier molecular flexibility index (Phi) is 5.15. The van der Waals surface area contributed by atoms with Gasteiger partial charge in [-0.1, -0.05) is 22.9 Å². The molecule has 1 N–H and O–H groups in total. The van der Waals surface area contributed by atoms with Crippen LogP contribution in [0.15, 0.2) is 11.2 Å². The number of aryl methyl sites for hydroxylation is 1. The first-order valence-corrected chi connectivity index (χ1v) is 8.11. The summed E-state index contributed by atoms with van der Waals surface area (Å²) in [5.41, 5.74) is 0. The van der Waals surface area contributed by atoms with Gasteiger partial charge >= 0.3 is 0 Å². The van der Waals surface area contributed by atoms with Crippen molar-refractivity contribution in [2.24, 2.45) is 0 Å².